The van der Waals surface area contributed by atoms with E-state index in [9.17, 15) is 4.39 Å². The normalized spacial score (nSPS) is 11.2. The molecule has 1 aromatic heterocycles. The molecule has 0 aliphatic heterocycles. The van der Waals surface area contributed by atoms with Gasteiger partial charge in [-0.1, -0.05) is 6.07 Å². The molecule has 19 heavy (non-hydrogen) atoms. The third-order valence-corrected chi connectivity index (χ3v) is 3.48. The second-order valence-corrected chi connectivity index (χ2v) is 5.10. The van der Waals surface area contributed by atoms with Crippen LogP contribution in [0.2, 0.25) is 0 Å². The second kappa shape index (κ2) is 6.40. The molecule has 0 bridgehead atoms. The number of halogens is 1. The first-order chi connectivity index (χ1) is 9.15. The molecule has 0 saturated carbocycles. The van der Waals surface area contributed by atoms with E-state index >= 15 is 0 Å². The van der Waals surface area contributed by atoms with E-state index < -0.39 is 0 Å². The van der Waals surface area contributed by atoms with Crippen LogP contribution in [0.4, 0.5) is 10.1 Å². The summed E-state index contributed by atoms with van der Waals surface area (Å²) in [4.78, 5) is 1.08. The predicted molar refractivity (Wildman–Crippen MR) is 82.3 cm³/mol. The van der Waals surface area contributed by atoms with Crippen LogP contribution in [-0.2, 0) is 0 Å². The summed E-state index contributed by atoms with van der Waals surface area (Å²) in [6.07, 6.45) is 0. The Morgan fingerprint density at radius 2 is 2.00 bits per heavy atom. The molecule has 2 N–H and O–H groups in total. The molecular formula is C13H12FN3S2. The molecular weight excluding hydrogens is 281 g/mol. The molecule has 6 heteroatoms. The summed E-state index contributed by atoms with van der Waals surface area (Å²) in [5.41, 5.74) is 4.33. The van der Waals surface area contributed by atoms with Crippen LogP contribution in [0, 0.1) is 5.82 Å². The lowest BCUT2D eigenvalue weighted by Gasteiger charge is -2.07. The van der Waals surface area contributed by atoms with Crippen molar-refractivity contribution in [3.05, 3.63) is 52.5 Å². The first-order valence-electron chi connectivity index (χ1n) is 5.56. The fourth-order valence-electron chi connectivity index (χ4n) is 1.37. The summed E-state index contributed by atoms with van der Waals surface area (Å²) in [6, 6.07) is 9.91. The Bertz CT molecular complexity index is 576. The smallest absolute Gasteiger partial charge is 0.191 e. The van der Waals surface area contributed by atoms with Crippen LogP contribution in [0.25, 0.3) is 0 Å². The highest BCUT2D eigenvalue weighted by atomic mass is 32.1. The molecule has 1 aromatic carbocycles. The van der Waals surface area contributed by atoms with Crippen molar-refractivity contribution in [3.63, 3.8) is 0 Å². The van der Waals surface area contributed by atoms with E-state index in [0.717, 1.165) is 10.6 Å². The Morgan fingerprint density at radius 1 is 1.26 bits per heavy atom. The number of rotatable bonds is 3. The maximum absolute atomic E-state index is 12.7. The topological polar surface area (TPSA) is 36.4 Å². The van der Waals surface area contributed by atoms with Crippen molar-refractivity contribution < 1.29 is 4.39 Å². The van der Waals surface area contributed by atoms with Crippen molar-refractivity contribution in [2.45, 2.75) is 6.92 Å². The third kappa shape index (κ3) is 4.11. The minimum Gasteiger partial charge on any atom is -0.331 e. The molecule has 98 valence electrons. The molecule has 0 unspecified atom stereocenters. The fraction of sp³-hybridized carbons (Fsp3) is 0.0769. The molecule has 0 spiro atoms. The summed E-state index contributed by atoms with van der Waals surface area (Å²) in [5, 5.41) is 9.45. The highest BCUT2D eigenvalue weighted by Gasteiger charge is 2.00. The van der Waals surface area contributed by atoms with Gasteiger partial charge in [-0.3, -0.25) is 5.43 Å². The number of nitrogens with one attached hydrogen (secondary N) is 2. The van der Waals surface area contributed by atoms with Crippen molar-refractivity contribution in [3.8, 4) is 0 Å². The Labute approximate surface area is 120 Å². The van der Waals surface area contributed by atoms with Crippen LogP contribution in [0.3, 0.4) is 0 Å². The summed E-state index contributed by atoms with van der Waals surface area (Å²) in [7, 11) is 0. The average Bonchev–Trinajstić information content (AvgIpc) is 2.93. The Morgan fingerprint density at radius 3 is 2.63 bits per heavy atom. The molecule has 3 nitrogen and oxygen atoms in total. The monoisotopic (exact) mass is 293 g/mol. The quantitative estimate of drug-likeness (QED) is 0.516. The molecule has 0 saturated heterocycles. The van der Waals surface area contributed by atoms with Gasteiger partial charge in [0.1, 0.15) is 5.82 Å². The SMILES string of the molecule is CC(=NNC(=S)Nc1ccc(F)cc1)c1cccs1. The number of hydrazone groups is 1. The summed E-state index contributed by atoms with van der Waals surface area (Å²) in [5.74, 6) is -0.281. The van der Waals surface area contributed by atoms with Gasteiger partial charge in [-0.05, 0) is 54.9 Å². The summed E-state index contributed by atoms with van der Waals surface area (Å²) < 4.78 is 12.7. The Hall–Kier alpha value is -1.79. The van der Waals surface area contributed by atoms with E-state index in [4.69, 9.17) is 12.2 Å². The van der Waals surface area contributed by atoms with Gasteiger partial charge in [0.2, 0.25) is 0 Å². The van der Waals surface area contributed by atoms with Crippen LogP contribution in [0.15, 0.2) is 46.9 Å². The average molecular weight is 293 g/mol. The van der Waals surface area contributed by atoms with E-state index in [-0.39, 0.29) is 5.82 Å². The molecule has 2 aromatic rings. The minimum atomic E-state index is -0.281. The zero-order valence-corrected chi connectivity index (χ0v) is 11.8. The Balaban J connectivity index is 1.91. The maximum atomic E-state index is 12.7. The number of thiocarbonyl (C=S) groups is 1. The minimum absolute atomic E-state index is 0.281. The van der Waals surface area contributed by atoms with Crippen molar-refractivity contribution >= 4 is 40.1 Å². The van der Waals surface area contributed by atoms with E-state index in [2.05, 4.69) is 15.8 Å². The van der Waals surface area contributed by atoms with Gasteiger partial charge in [0.05, 0.1) is 5.71 Å². The van der Waals surface area contributed by atoms with Crippen molar-refractivity contribution in [1.82, 2.24) is 5.43 Å². The fourth-order valence-corrected chi connectivity index (χ4v) is 2.21. The number of benzene rings is 1. The third-order valence-electron chi connectivity index (χ3n) is 2.31. The zero-order chi connectivity index (χ0) is 13.7. The lowest BCUT2D eigenvalue weighted by molar-refractivity contribution is 0.628. The van der Waals surface area contributed by atoms with Gasteiger partial charge < -0.3 is 5.32 Å². The van der Waals surface area contributed by atoms with Crippen molar-refractivity contribution in [2.75, 3.05) is 5.32 Å². The van der Waals surface area contributed by atoms with Crippen molar-refractivity contribution in [2.24, 2.45) is 5.10 Å². The molecule has 0 atom stereocenters. The van der Waals surface area contributed by atoms with Crippen LogP contribution >= 0.6 is 23.6 Å². The standard InChI is InChI=1S/C13H12FN3S2/c1-9(12-3-2-8-19-12)16-17-13(18)15-11-6-4-10(14)5-7-11/h2-8H,1H3,(H2,15,17,18). The maximum Gasteiger partial charge on any atom is 0.191 e. The van der Waals surface area contributed by atoms with Crippen LogP contribution in [0.1, 0.15) is 11.8 Å². The summed E-state index contributed by atoms with van der Waals surface area (Å²) >= 11 is 6.71. The molecule has 2 rings (SSSR count). The molecule has 0 fully saturated rings. The summed E-state index contributed by atoms with van der Waals surface area (Å²) in [6.45, 7) is 1.90. The molecule has 0 amide bonds. The zero-order valence-electron chi connectivity index (χ0n) is 10.2. The van der Waals surface area contributed by atoms with Crippen LogP contribution in [0.5, 0.6) is 0 Å². The van der Waals surface area contributed by atoms with Gasteiger partial charge in [-0.15, -0.1) is 11.3 Å². The second-order valence-electron chi connectivity index (χ2n) is 3.75. The molecule has 0 radical (unpaired) electrons. The highest BCUT2D eigenvalue weighted by Crippen LogP contribution is 2.10. The van der Waals surface area contributed by atoms with Gasteiger partial charge >= 0.3 is 0 Å². The van der Waals surface area contributed by atoms with E-state index in [1.807, 2.05) is 24.4 Å². The van der Waals surface area contributed by atoms with Crippen molar-refractivity contribution in [1.29, 1.82) is 0 Å². The van der Waals surface area contributed by atoms with E-state index in [1.54, 1.807) is 23.5 Å². The van der Waals surface area contributed by atoms with E-state index in [1.165, 1.54) is 12.1 Å². The van der Waals surface area contributed by atoms with Crippen LogP contribution < -0.4 is 10.7 Å². The number of hydrogen-bond donors (Lipinski definition) is 2. The molecule has 0 aliphatic rings. The number of thiophene rings is 1. The number of hydrogen-bond acceptors (Lipinski definition) is 3. The van der Waals surface area contributed by atoms with Gasteiger partial charge in [0, 0.05) is 10.6 Å². The molecule has 1 heterocycles. The van der Waals surface area contributed by atoms with Crippen LogP contribution in [-0.4, -0.2) is 10.8 Å². The van der Waals surface area contributed by atoms with E-state index in [0.29, 0.717) is 10.8 Å². The Kier molecular flexibility index (Phi) is 4.59. The first-order valence-corrected chi connectivity index (χ1v) is 6.84. The largest absolute Gasteiger partial charge is 0.331 e. The number of anilines is 1. The van der Waals surface area contributed by atoms with Gasteiger partial charge in [-0.25, -0.2) is 4.39 Å². The first kappa shape index (κ1) is 13.6. The lowest BCUT2D eigenvalue weighted by Crippen LogP contribution is -2.24. The highest BCUT2D eigenvalue weighted by molar-refractivity contribution is 7.80. The molecule has 0 aliphatic carbocycles. The van der Waals surface area contributed by atoms with Gasteiger partial charge in [-0.2, -0.15) is 5.10 Å². The predicted octanol–water partition coefficient (Wildman–Crippen LogP) is 3.60. The van der Waals surface area contributed by atoms with Gasteiger partial charge in [0.25, 0.3) is 0 Å². The number of nitrogens with zero attached hydrogens (tertiary/aromatic N) is 1. The lowest BCUT2D eigenvalue weighted by atomic mass is 10.3. The van der Waals surface area contributed by atoms with Gasteiger partial charge in [0.15, 0.2) is 5.11 Å².